The van der Waals surface area contributed by atoms with Crippen LogP contribution in [-0.2, 0) is 6.42 Å². The number of hydrogen-bond donors (Lipinski definition) is 1. The number of hydrogen-bond acceptors (Lipinski definition) is 4. The third-order valence-corrected chi connectivity index (χ3v) is 1.57. The molecular formula is C8H7N3O2. The highest BCUT2D eigenvalue weighted by molar-refractivity contribution is 5.59. The maximum Gasteiger partial charge on any atom is 0.292 e. The highest BCUT2D eigenvalue weighted by Crippen LogP contribution is 2.21. The largest absolute Gasteiger partial charge is 0.393 e. The third kappa shape index (κ3) is 1.93. The number of nitrogens with zero attached hydrogens (tertiary/aromatic N) is 2. The minimum absolute atomic E-state index is 0.0951. The van der Waals surface area contributed by atoms with Crippen LogP contribution >= 0.6 is 0 Å². The summed E-state index contributed by atoms with van der Waals surface area (Å²) in [6.45, 7) is 0. The number of nitro groups is 1. The first-order chi connectivity index (χ1) is 6.15. The lowest BCUT2D eigenvalue weighted by Crippen LogP contribution is -1.96. The van der Waals surface area contributed by atoms with Crippen LogP contribution in [0.15, 0.2) is 18.2 Å². The van der Waals surface area contributed by atoms with Gasteiger partial charge in [-0.05, 0) is 11.6 Å². The van der Waals surface area contributed by atoms with E-state index in [9.17, 15) is 10.1 Å². The summed E-state index contributed by atoms with van der Waals surface area (Å²) in [5.41, 5.74) is 6.06. The van der Waals surface area contributed by atoms with Gasteiger partial charge in [0.05, 0.1) is 17.4 Å². The van der Waals surface area contributed by atoms with Crippen molar-refractivity contribution in [2.45, 2.75) is 6.42 Å². The van der Waals surface area contributed by atoms with Crippen molar-refractivity contribution in [3.8, 4) is 6.07 Å². The van der Waals surface area contributed by atoms with Crippen molar-refractivity contribution in [2.24, 2.45) is 0 Å². The zero-order chi connectivity index (χ0) is 9.84. The van der Waals surface area contributed by atoms with Gasteiger partial charge in [-0.1, -0.05) is 6.07 Å². The predicted octanol–water partition coefficient (Wildman–Crippen LogP) is 1.24. The molecule has 0 fully saturated rings. The van der Waals surface area contributed by atoms with E-state index in [0.29, 0.717) is 5.56 Å². The smallest absolute Gasteiger partial charge is 0.292 e. The van der Waals surface area contributed by atoms with Crippen LogP contribution in [0.2, 0.25) is 0 Å². The Labute approximate surface area is 74.5 Å². The van der Waals surface area contributed by atoms with Gasteiger partial charge in [0.1, 0.15) is 5.69 Å². The van der Waals surface area contributed by atoms with Crippen LogP contribution in [-0.4, -0.2) is 4.92 Å². The fourth-order valence-corrected chi connectivity index (χ4v) is 0.971. The molecule has 0 heterocycles. The minimum Gasteiger partial charge on any atom is -0.393 e. The second-order valence-corrected chi connectivity index (χ2v) is 2.49. The Kier molecular flexibility index (Phi) is 2.45. The van der Waals surface area contributed by atoms with Crippen LogP contribution in [0, 0.1) is 21.4 Å². The molecule has 0 saturated heterocycles. The zero-order valence-corrected chi connectivity index (χ0v) is 6.73. The summed E-state index contributed by atoms with van der Waals surface area (Å²) in [5, 5.41) is 18.7. The highest BCUT2D eigenvalue weighted by Gasteiger charge is 2.10. The molecule has 66 valence electrons. The van der Waals surface area contributed by atoms with Gasteiger partial charge in [0.25, 0.3) is 5.69 Å². The number of benzene rings is 1. The summed E-state index contributed by atoms with van der Waals surface area (Å²) in [7, 11) is 0. The lowest BCUT2D eigenvalue weighted by atomic mass is 10.1. The van der Waals surface area contributed by atoms with Gasteiger partial charge in [0.2, 0.25) is 0 Å². The number of nitro benzene ring substituents is 1. The minimum atomic E-state index is -0.550. The summed E-state index contributed by atoms with van der Waals surface area (Å²) in [6.07, 6.45) is 0.211. The van der Waals surface area contributed by atoms with Crippen molar-refractivity contribution in [1.82, 2.24) is 0 Å². The molecule has 1 rings (SSSR count). The van der Waals surface area contributed by atoms with Gasteiger partial charge >= 0.3 is 0 Å². The van der Waals surface area contributed by atoms with Crippen LogP contribution in [0.25, 0.3) is 0 Å². The number of rotatable bonds is 2. The van der Waals surface area contributed by atoms with E-state index in [1.54, 1.807) is 0 Å². The van der Waals surface area contributed by atoms with Gasteiger partial charge < -0.3 is 5.73 Å². The second-order valence-electron chi connectivity index (χ2n) is 2.49. The first kappa shape index (κ1) is 9.00. The molecule has 0 bridgehead atoms. The molecule has 13 heavy (non-hydrogen) atoms. The summed E-state index contributed by atoms with van der Waals surface area (Å²) in [4.78, 5) is 9.80. The predicted molar refractivity (Wildman–Crippen MR) is 46.8 cm³/mol. The zero-order valence-electron chi connectivity index (χ0n) is 6.73. The van der Waals surface area contributed by atoms with E-state index in [1.807, 2.05) is 6.07 Å². The maximum atomic E-state index is 10.4. The monoisotopic (exact) mass is 177 g/mol. The molecule has 0 saturated carbocycles. The van der Waals surface area contributed by atoms with Gasteiger partial charge in [0, 0.05) is 6.07 Å². The van der Waals surface area contributed by atoms with Crippen LogP contribution in [0.1, 0.15) is 5.56 Å². The summed E-state index contributed by atoms with van der Waals surface area (Å²) >= 11 is 0. The second kappa shape index (κ2) is 3.54. The van der Waals surface area contributed by atoms with Crippen molar-refractivity contribution >= 4 is 11.4 Å². The molecule has 0 amide bonds. The molecule has 0 aliphatic heterocycles. The molecule has 2 N–H and O–H groups in total. The molecule has 0 aromatic heterocycles. The first-order valence-electron chi connectivity index (χ1n) is 3.55. The van der Waals surface area contributed by atoms with E-state index in [0.717, 1.165) is 0 Å². The van der Waals surface area contributed by atoms with Crippen molar-refractivity contribution in [3.63, 3.8) is 0 Å². The van der Waals surface area contributed by atoms with Gasteiger partial charge in [-0.15, -0.1) is 0 Å². The Morgan fingerprint density at radius 1 is 1.62 bits per heavy atom. The average molecular weight is 177 g/mol. The average Bonchev–Trinajstić information content (AvgIpc) is 2.04. The van der Waals surface area contributed by atoms with Gasteiger partial charge in [-0.25, -0.2) is 0 Å². The molecule has 1 aromatic rings. The molecule has 5 heteroatoms. The summed E-state index contributed by atoms with van der Waals surface area (Å²) < 4.78 is 0. The molecule has 0 unspecified atom stereocenters. The number of nitriles is 1. The van der Waals surface area contributed by atoms with Gasteiger partial charge in [-0.2, -0.15) is 5.26 Å². The number of nitrogen functional groups attached to an aromatic ring is 1. The molecular weight excluding hydrogens is 170 g/mol. The first-order valence-corrected chi connectivity index (χ1v) is 3.55. The number of anilines is 1. The van der Waals surface area contributed by atoms with Crippen LogP contribution in [0.4, 0.5) is 11.4 Å². The van der Waals surface area contributed by atoms with Crippen LogP contribution in [0.5, 0.6) is 0 Å². The van der Waals surface area contributed by atoms with E-state index < -0.39 is 4.92 Å². The van der Waals surface area contributed by atoms with Crippen LogP contribution < -0.4 is 5.73 Å². The fraction of sp³-hybridized carbons (Fsp3) is 0.125. The van der Waals surface area contributed by atoms with Crippen LogP contribution in [0.3, 0.4) is 0 Å². The number of nitrogens with two attached hydrogens (primary N) is 1. The van der Waals surface area contributed by atoms with Crippen molar-refractivity contribution in [3.05, 3.63) is 33.9 Å². The molecule has 1 aromatic carbocycles. The SMILES string of the molecule is N#CCc1ccc([N+](=O)[O-])c(N)c1. The van der Waals surface area contributed by atoms with Crippen molar-refractivity contribution < 1.29 is 4.92 Å². The molecule has 5 nitrogen and oxygen atoms in total. The molecule has 0 radical (unpaired) electrons. The van der Waals surface area contributed by atoms with E-state index >= 15 is 0 Å². The maximum absolute atomic E-state index is 10.4. The normalized spacial score (nSPS) is 9.15. The lowest BCUT2D eigenvalue weighted by Gasteiger charge is -1.98. The van der Waals surface area contributed by atoms with E-state index in [-0.39, 0.29) is 17.8 Å². The Morgan fingerprint density at radius 3 is 2.77 bits per heavy atom. The molecule has 0 aliphatic carbocycles. The Hall–Kier alpha value is -2.09. The third-order valence-electron chi connectivity index (χ3n) is 1.57. The Bertz CT molecular complexity index is 381. The lowest BCUT2D eigenvalue weighted by molar-refractivity contribution is -0.383. The fourth-order valence-electron chi connectivity index (χ4n) is 0.971. The Morgan fingerprint density at radius 2 is 2.31 bits per heavy atom. The molecule has 0 atom stereocenters. The van der Waals surface area contributed by atoms with E-state index in [4.69, 9.17) is 11.0 Å². The quantitative estimate of drug-likeness (QED) is 0.417. The van der Waals surface area contributed by atoms with Gasteiger partial charge in [-0.3, -0.25) is 10.1 Å². The van der Waals surface area contributed by atoms with Crippen molar-refractivity contribution in [2.75, 3.05) is 5.73 Å². The highest BCUT2D eigenvalue weighted by atomic mass is 16.6. The summed E-state index contributed by atoms with van der Waals surface area (Å²) in [5.74, 6) is 0. The standard InChI is InChI=1S/C8H7N3O2/c9-4-3-6-1-2-8(11(12)13)7(10)5-6/h1-2,5H,3,10H2. The van der Waals surface area contributed by atoms with Crippen molar-refractivity contribution in [1.29, 1.82) is 5.26 Å². The molecule has 0 aliphatic rings. The van der Waals surface area contributed by atoms with E-state index in [1.165, 1.54) is 18.2 Å². The topological polar surface area (TPSA) is 92.9 Å². The molecule has 0 spiro atoms. The Balaban J connectivity index is 3.07. The van der Waals surface area contributed by atoms with E-state index in [2.05, 4.69) is 0 Å². The van der Waals surface area contributed by atoms with Gasteiger partial charge in [0.15, 0.2) is 0 Å². The summed E-state index contributed by atoms with van der Waals surface area (Å²) in [6, 6.07) is 6.21.